The summed E-state index contributed by atoms with van der Waals surface area (Å²) >= 11 is 1.63. The number of carbonyl (C=O) groups excluding carboxylic acids is 1. The molecule has 1 unspecified atom stereocenters. The van der Waals surface area contributed by atoms with Crippen molar-refractivity contribution in [1.82, 2.24) is 15.3 Å². The van der Waals surface area contributed by atoms with E-state index in [0.29, 0.717) is 11.3 Å². The average Bonchev–Trinajstić information content (AvgIpc) is 3.40. The van der Waals surface area contributed by atoms with E-state index in [2.05, 4.69) is 39.5 Å². The first-order chi connectivity index (χ1) is 15.3. The van der Waals surface area contributed by atoms with E-state index in [1.165, 1.54) is 5.56 Å². The SMILES string of the molecule is O=C(c1cncc(-c2cccs2)c1)c1cccc(N2CCNC(c3ccccc3)C2)n1. The van der Waals surface area contributed by atoms with E-state index in [-0.39, 0.29) is 11.8 Å². The molecule has 1 aliphatic rings. The summed E-state index contributed by atoms with van der Waals surface area (Å²) in [5.41, 5.74) is 3.20. The van der Waals surface area contributed by atoms with Gasteiger partial charge in [0.15, 0.2) is 0 Å². The van der Waals surface area contributed by atoms with Crippen LogP contribution in [0, 0.1) is 0 Å². The van der Waals surface area contributed by atoms with Crippen LogP contribution in [0.3, 0.4) is 0 Å². The van der Waals surface area contributed by atoms with Crippen LogP contribution in [-0.2, 0) is 0 Å². The normalized spacial score (nSPS) is 16.3. The molecule has 0 amide bonds. The van der Waals surface area contributed by atoms with Crippen LogP contribution in [0.2, 0.25) is 0 Å². The number of nitrogens with one attached hydrogen (secondary N) is 1. The molecule has 3 aromatic heterocycles. The number of anilines is 1. The van der Waals surface area contributed by atoms with Gasteiger partial charge in [0, 0.05) is 54.1 Å². The average molecular weight is 427 g/mol. The van der Waals surface area contributed by atoms with Crippen LogP contribution < -0.4 is 10.2 Å². The lowest BCUT2D eigenvalue weighted by atomic mass is 10.0. The molecule has 0 radical (unpaired) electrons. The Morgan fingerprint density at radius 2 is 1.94 bits per heavy atom. The Morgan fingerprint density at radius 3 is 2.77 bits per heavy atom. The first kappa shape index (κ1) is 19.6. The second kappa shape index (κ2) is 8.79. The van der Waals surface area contributed by atoms with E-state index >= 15 is 0 Å². The van der Waals surface area contributed by atoms with Crippen LogP contribution in [0.5, 0.6) is 0 Å². The number of hydrogen-bond donors (Lipinski definition) is 1. The lowest BCUT2D eigenvalue weighted by molar-refractivity contribution is 0.103. The minimum Gasteiger partial charge on any atom is -0.353 e. The van der Waals surface area contributed by atoms with Gasteiger partial charge in [-0.1, -0.05) is 42.5 Å². The molecule has 5 nitrogen and oxygen atoms in total. The van der Waals surface area contributed by atoms with E-state index in [4.69, 9.17) is 4.98 Å². The lowest BCUT2D eigenvalue weighted by Crippen LogP contribution is -2.46. The highest BCUT2D eigenvalue weighted by Gasteiger charge is 2.22. The molecule has 1 saturated heterocycles. The summed E-state index contributed by atoms with van der Waals surface area (Å²) in [7, 11) is 0. The van der Waals surface area contributed by atoms with E-state index in [1.807, 2.05) is 41.8 Å². The van der Waals surface area contributed by atoms with Gasteiger partial charge in [0.25, 0.3) is 0 Å². The Hall–Kier alpha value is -3.35. The first-order valence-corrected chi connectivity index (χ1v) is 11.2. The minimum absolute atomic E-state index is 0.109. The van der Waals surface area contributed by atoms with Crippen LogP contribution in [0.4, 0.5) is 5.82 Å². The highest BCUT2D eigenvalue weighted by atomic mass is 32.1. The van der Waals surface area contributed by atoms with E-state index in [1.54, 1.807) is 29.8 Å². The molecule has 4 heterocycles. The summed E-state index contributed by atoms with van der Waals surface area (Å²) in [6.07, 6.45) is 3.40. The van der Waals surface area contributed by atoms with Gasteiger partial charge < -0.3 is 10.2 Å². The zero-order chi connectivity index (χ0) is 21.0. The summed E-state index contributed by atoms with van der Waals surface area (Å²) in [6.45, 7) is 2.53. The first-order valence-electron chi connectivity index (χ1n) is 10.3. The molecule has 0 aliphatic carbocycles. The van der Waals surface area contributed by atoms with Crippen molar-refractivity contribution in [2.45, 2.75) is 6.04 Å². The van der Waals surface area contributed by atoms with Gasteiger partial charge in [0.1, 0.15) is 11.5 Å². The van der Waals surface area contributed by atoms with Crippen LogP contribution in [0.15, 0.2) is 84.5 Å². The molecule has 0 saturated carbocycles. The number of thiophene rings is 1. The second-order valence-corrected chi connectivity index (χ2v) is 8.46. The van der Waals surface area contributed by atoms with Gasteiger partial charge >= 0.3 is 0 Å². The minimum atomic E-state index is -0.109. The lowest BCUT2D eigenvalue weighted by Gasteiger charge is -2.35. The molecule has 6 heteroatoms. The van der Waals surface area contributed by atoms with Crippen LogP contribution in [0.1, 0.15) is 27.7 Å². The van der Waals surface area contributed by atoms with Crippen LogP contribution in [0.25, 0.3) is 10.4 Å². The molecule has 1 aliphatic heterocycles. The van der Waals surface area contributed by atoms with Crippen molar-refractivity contribution in [3.05, 3.63) is 101 Å². The Labute approximate surface area is 185 Å². The number of rotatable bonds is 5. The number of aromatic nitrogens is 2. The monoisotopic (exact) mass is 426 g/mol. The van der Waals surface area contributed by atoms with Crippen molar-refractivity contribution in [1.29, 1.82) is 0 Å². The molecular formula is C25H22N4OS. The van der Waals surface area contributed by atoms with Crippen LogP contribution >= 0.6 is 11.3 Å². The van der Waals surface area contributed by atoms with Crippen LogP contribution in [-0.4, -0.2) is 35.4 Å². The third-order valence-corrected chi connectivity index (χ3v) is 6.39. The van der Waals surface area contributed by atoms with Gasteiger partial charge in [-0.15, -0.1) is 11.3 Å². The maximum absolute atomic E-state index is 13.2. The van der Waals surface area contributed by atoms with Gasteiger partial charge in [0.05, 0.1) is 0 Å². The molecule has 1 aromatic carbocycles. The molecule has 4 aromatic rings. The zero-order valence-corrected chi connectivity index (χ0v) is 17.8. The molecule has 1 atom stereocenters. The largest absolute Gasteiger partial charge is 0.353 e. The van der Waals surface area contributed by atoms with Crippen molar-refractivity contribution in [2.75, 3.05) is 24.5 Å². The number of carbonyl (C=O) groups is 1. The topological polar surface area (TPSA) is 58.1 Å². The van der Waals surface area contributed by atoms with Crippen molar-refractivity contribution >= 4 is 22.9 Å². The van der Waals surface area contributed by atoms with Gasteiger partial charge in [-0.3, -0.25) is 9.78 Å². The number of benzene rings is 1. The standard InChI is InChI=1S/C25H22N4OS/c30-25(20-14-19(15-26-16-20)23-9-5-13-31-23)21-8-4-10-24(28-21)29-12-11-27-22(17-29)18-6-2-1-3-7-18/h1-10,13-16,22,27H,11-12,17H2. The molecule has 1 fully saturated rings. The Balaban J connectivity index is 1.38. The number of nitrogens with zero attached hydrogens (tertiary/aromatic N) is 3. The van der Waals surface area contributed by atoms with E-state index in [9.17, 15) is 4.79 Å². The fourth-order valence-electron chi connectivity index (χ4n) is 3.88. The summed E-state index contributed by atoms with van der Waals surface area (Å²) in [4.78, 5) is 25.5. The number of hydrogen-bond acceptors (Lipinski definition) is 6. The molecular weight excluding hydrogens is 404 g/mol. The van der Waals surface area contributed by atoms with Gasteiger partial charge in [-0.25, -0.2) is 4.98 Å². The predicted molar refractivity (Wildman–Crippen MR) is 125 cm³/mol. The summed E-state index contributed by atoms with van der Waals surface area (Å²) < 4.78 is 0. The molecule has 31 heavy (non-hydrogen) atoms. The molecule has 1 N–H and O–H groups in total. The number of ketones is 1. The van der Waals surface area contributed by atoms with Gasteiger partial charge in [-0.2, -0.15) is 0 Å². The van der Waals surface area contributed by atoms with E-state index < -0.39 is 0 Å². The Bertz CT molecular complexity index is 1180. The highest BCUT2D eigenvalue weighted by molar-refractivity contribution is 7.13. The maximum Gasteiger partial charge on any atom is 0.212 e. The van der Waals surface area contributed by atoms with Crippen molar-refractivity contribution in [3.8, 4) is 10.4 Å². The molecule has 0 spiro atoms. The third kappa shape index (κ3) is 4.26. The smallest absolute Gasteiger partial charge is 0.212 e. The van der Waals surface area contributed by atoms with Crippen molar-refractivity contribution in [2.24, 2.45) is 0 Å². The number of pyridine rings is 2. The molecule has 5 rings (SSSR count). The fraction of sp³-hybridized carbons (Fsp3) is 0.160. The molecule has 154 valence electrons. The Morgan fingerprint density at radius 1 is 1.03 bits per heavy atom. The third-order valence-electron chi connectivity index (χ3n) is 5.47. The van der Waals surface area contributed by atoms with Crippen molar-refractivity contribution in [3.63, 3.8) is 0 Å². The highest BCUT2D eigenvalue weighted by Crippen LogP contribution is 2.26. The summed E-state index contributed by atoms with van der Waals surface area (Å²) in [5.74, 6) is 0.721. The summed E-state index contributed by atoms with van der Waals surface area (Å²) in [5, 5.41) is 5.59. The summed E-state index contributed by atoms with van der Waals surface area (Å²) in [6, 6.07) is 22.3. The van der Waals surface area contributed by atoms with Gasteiger partial charge in [-0.05, 0) is 35.2 Å². The second-order valence-electron chi connectivity index (χ2n) is 7.51. The fourth-order valence-corrected chi connectivity index (χ4v) is 4.59. The van der Waals surface area contributed by atoms with Gasteiger partial charge in [0.2, 0.25) is 5.78 Å². The van der Waals surface area contributed by atoms with Crippen molar-refractivity contribution < 1.29 is 4.79 Å². The number of piperazine rings is 1. The van der Waals surface area contributed by atoms with E-state index in [0.717, 1.165) is 35.9 Å². The Kier molecular flexibility index (Phi) is 5.56. The zero-order valence-electron chi connectivity index (χ0n) is 16.9. The maximum atomic E-state index is 13.2. The molecule has 0 bridgehead atoms. The predicted octanol–water partition coefficient (Wildman–Crippen LogP) is 4.59. The quantitative estimate of drug-likeness (QED) is 0.473.